The van der Waals surface area contributed by atoms with Crippen LogP contribution in [0.25, 0.3) is 82.4 Å². The molecule has 214 valence electrons. The Morgan fingerprint density at radius 2 is 1.11 bits per heavy atom. The first-order valence-corrected chi connectivity index (χ1v) is 16.6. The van der Waals surface area contributed by atoms with Crippen LogP contribution in [0.4, 0.5) is 0 Å². The Morgan fingerprint density at radius 3 is 2.00 bits per heavy atom. The third kappa shape index (κ3) is 3.84. The maximum atomic E-state index is 2.43. The molecule has 46 heavy (non-hydrogen) atoms. The van der Waals surface area contributed by atoms with Crippen molar-refractivity contribution in [2.75, 3.05) is 0 Å². The fourth-order valence-electron chi connectivity index (χ4n) is 7.43. The number of rotatable bonds is 3. The van der Waals surface area contributed by atoms with Gasteiger partial charge < -0.3 is 4.57 Å². The quantitative estimate of drug-likeness (QED) is 0.195. The van der Waals surface area contributed by atoms with Gasteiger partial charge in [0.25, 0.3) is 0 Å². The standard InChI is InChI=1S/C44H27NS/c1-2-14-34(15-3-1)45-40-23-20-32(26-38(40)37-22-19-28-9-4-5-16-35(28)44(37)45)30-12-6-13-31(25-30)33-21-24-41-39(27-33)36-17-7-10-29-11-8-18-42(46-41)43(29)36/h1-27H. The van der Waals surface area contributed by atoms with Crippen molar-refractivity contribution in [3.05, 3.63) is 164 Å². The Balaban J connectivity index is 1.13. The normalized spacial score (nSPS) is 12.3. The van der Waals surface area contributed by atoms with Crippen molar-refractivity contribution in [3.8, 4) is 39.1 Å². The topological polar surface area (TPSA) is 4.93 Å². The number of nitrogens with zero attached hydrogens (tertiary/aromatic N) is 1. The summed E-state index contributed by atoms with van der Waals surface area (Å²) in [4.78, 5) is 2.66. The van der Waals surface area contributed by atoms with Crippen molar-refractivity contribution < 1.29 is 0 Å². The molecule has 1 nitrogen and oxygen atoms in total. The van der Waals surface area contributed by atoms with Gasteiger partial charge in [0.05, 0.1) is 11.0 Å². The Labute approximate surface area is 271 Å². The Bertz CT molecular complexity index is 2660. The van der Waals surface area contributed by atoms with Gasteiger partial charge in [0.15, 0.2) is 0 Å². The SMILES string of the molecule is c1ccc(-n2c3ccc(-c4cccc(-c5ccc6c(c5)-c5cccc7cccc(c57)S6)c4)cc3c3ccc4ccccc4c32)cc1. The molecule has 1 aromatic heterocycles. The molecule has 0 fully saturated rings. The van der Waals surface area contributed by atoms with Crippen LogP contribution in [0.1, 0.15) is 0 Å². The zero-order valence-electron chi connectivity index (χ0n) is 24.9. The Kier molecular flexibility index (Phi) is 5.58. The molecule has 0 aliphatic carbocycles. The van der Waals surface area contributed by atoms with Gasteiger partial charge in [-0.05, 0) is 92.7 Å². The molecule has 0 unspecified atom stereocenters. The van der Waals surface area contributed by atoms with Crippen molar-refractivity contribution in [1.29, 1.82) is 0 Å². The molecule has 10 rings (SSSR count). The highest BCUT2D eigenvalue weighted by Gasteiger charge is 2.20. The first-order chi connectivity index (χ1) is 22.8. The average molecular weight is 602 g/mol. The van der Waals surface area contributed by atoms with Gasteiger partial charge >= 0.3 is 0 Å². The Morgan fingerprint density at radius 1 is 0.391 bits per heavy atom. The first kappa shape index (κ1) is 25.7. The van der Waals surface area contributed by atoms with Gasteiger partial charge in [-0.25, -0.2) is 0 Å². The van der Waals surface area contributed by atoms with E-state index in [1.165, 1.54) is 92.2 Å². The van der Waals surface area contributed by atoms with E-state index in [1.807, 2.05) is 11.8 Å². The summed E-state index contributed by atoms with van der Waals surface area (Å²) in [6, 6.07) is 60.2. The van der Waals surface area contributed by atoms with Crippen LogP contribution in [0.15, 0.2) is 174 Å². The van der Waals surface area contributed by atoms with E-state index in [9.17, 15) is 0 Å². The fourth-order valence-corrected chi connectivity index (χ4v) is 8.56. The van der Waals surface area contributed by atoms with E-state index in [-0.39, 0.29) is 0 Å². The van der Waals surface area contributed by atoms with Gasteiger partial charge in [0, 0.05) is 37.0 Å². The molecule has 0 bridgehead atoms. The molecule has 0 N–H and O–H groups in total. The summed E-state index contributed by atoms with van der Waals surface area (Å²) in [6.45, 7) is 0. The maximum absolute atomic E-state index is 2.43. The summed E-state index contributed by atoms with van der Waals surface area (Å²) in [6.07, 6.45) is 0. The lowest BCUT2D eigenvalue weighted by Gasteiger charge is -2.21. The molecule has 9 aromatic rings. The average Bonchev–Trinajstić information content (AvgIpc) is 3.46. The molecule has 0 saturated heterocycles. The molecule has 8 aromatic carbocycles. The van der Waals surface area contributed by atoms with Crippen LogP contribution in [0, 0.1) is 0 Å². The molecule has 2 heterocycles. The fraction of sp³-hybridized carbons (Fsp3) is 0. The van der Waals surface area contributed by atoms with E-state index in [0.29, 0.717) is 0 Å². The van der Waals surface area contributed by atoms with Crippen LogP contribution >= 0.6 is 11.8 Å². The van der Waals surface area contributed by atoms with Crippen molar-refractivity contribution in [2.24, 2.45) is 0 Å². The maximum Gasteiger partial charge on any atom is 0.0619 e. The number of hydrogen-bond acceptors (Lipinski definition) is 1. The second-order valence-electron chi connectivity index (χ2n) is 12.1. The first-order valence-electron chi connectivity index (χ1n) is 15.8. The van der Waals surface area contributed by atoms with Crippen LogP contribution in [-0.4, -0.2) is 4.57 Å². The van der Waals surface area contributed by atoms with E-state index < -0.39 is 0 Å². The van der Waals surface area contributed by atoms with Crippen molar-refractivity contribution in [2.45, 2.75) is 9.79 Å². The highest BCUT2D eigenvalue weighted by molar-refractivity contribution is 7.99. The van der Waals surface area contributed by atoms with E-state index in [4.69, 9.17) is 0 Å². The number of para-hydroxylation sites is 1. The van der Waals surface area contributed by atoms with Crippen molar-refractivity contribution >= 4 is 55.1 Å². The highest BCUT2D eigenvalue weighted by atomic mass is 32.2. The molecule has 0 atom stereocenters. The van der Waals surface area contributed by atoms with Crippen LogP contribution in [0.5, 0.6) is 0 Å². The van der Waals surface area contributed by atoms with Gasteiger partial charge in [0.1, 0.15) is 0 Å². The summed E-state index contributed by atoms with van der Waals surface area (Å²) < 4.78 is 2.43. The van der Waals surface area contributed by atoms with E-state index in [0.717, 1.165) is 0 Å². The van der Waals surface area contributed by atoms with Gasteiger partial charge in [-0.1, -0.05) is 127 Å². The molecule has 0 saturated carbocycles. The van der Waals surface area contributed by atoms with Crippen LogP contribution in [-0.2, 0) is 0 Å². The minimum atomic E-state index is 1.18. The lowest BCUT2D eigenvalue weighted by molar-refractivity contribution is 1.19. The second kappa shape index (κ2) is 9.97. The van der Waals surface area contributed by atoms with Gasteiger partial charge in [-0.15, -0.1) is 0 Å². The minimum Gasteiger partial charge on any atom is -0.309 e. The molecule has 1 aliphatic rings. The number of fused-ring (bicyclic) bond motifs is 7. The molecule has 1 aliphatic heterocycles. The van der Waals surface area contributed by atoms with Crippen molar-refractivity contribution in [3.63, 3.8) is 0 Å². The molecular formula is C44H27NS. The van der Waals surface area contributed by atoms with Crippen LogP contribution in [0.2, 0.25) is 0 Å². The zero-order chi connectivity index (χ0) is 30.2. The predicted molar refractivity (Wildman–Crippen MR) is 196 cm³/mol. The lowest BCUT2D eigenvalue weighted by atomic mass is 9.93. The molecular weight excluding hydrogens is 575 g/mol. The lowest BCUT2D eigenvalue weighted by Crippen LogP contribution is -1.94. The third-order valence-electron chi connectivity index (χ3n) is 9.55. The van der Waals surface area contributed by atoms with E-state index >= 15 is 0 Å². The number of hydrogen-bond donors (Lipinski definition) is 0. The van der Waals surface area contributed by atoms with E-state index in [2.05, 4.69) is 168 Å². The molecule has 0 amide bonds. The van der Waals surface area contributed by atoms with E-state index in [1.54, 1.807) is 0 Å². The molecule has 2 heteroatoms. The van der Waals surface area contributed by atoms with Gasteiger partial charge in [0.2, 0.25) is 0 Å². The Hall–Kier alpha value is -5.57. The monoisotopic (exact) mass is 601 g/mol. The van der Waals surface area contributed by atoms with Crippen LogP contribution in [0.3, 0.4) is 0 Å². The summed E-state index contributed by atoms with van der Waals surface area (Å²) in [5.41, 5.74) is 11.2. The summed E-state index contributed by atoms with van der Waals surface area (Å²) in [5.74, 6) is 0. The molecule has 0 radical (unpaired) electrons. The van der Waals surface area contributed by atoms with Gasteiger partial charge in [-0.3, -0.25) is 0 Å². The van der Waals surface area contributed by atoms with Gasteiger partial charge in [-0.2, -0.15) is 0 Å². The zero-order valence-corrected chi connectivity index (χ0v) is 25.8. The number of benzene rings is 8. The van der Waals surface area contributed by atoms with Crippen LogP contribution < -0.4 is 0 Å². The number of aromatic nitrogens is 1. The minimum absolute atomic E-state index is 1.18. The molecule has 0 spiro atoms. The predicted octanol–water partition coefficient (Wildman–Crippen LogP) is 12.6. The second-order valence-corrected chi connectivity index (χ2v) is 13.2. The smallest absolute Gasteiger partial charge is 0.0619 e. The summed E-state index contributed by atoms with van der Waals surface area (Å²) in [5, 5.41) is 7.74. The largest absolute Gasteiger partial charge is 0.309 e. The van der Waals surface area contributed by atoms with Crippen molar-refractivity contribution in [1.82, 2.24) is 4.57 Å². The summed E-state index contributed by atoms with van der Waals surface area (Å²) >= 11 is 1.88. The third-order valence-corrected chi connectivity index (χ3v) is 10.7. The highest BCUT2D eigenvalue weighted by Crippen LogP contribution is 2.49. The summed E-state index contributed by atoms with van der Waals surface area (Å²) in [7, 11) is 0.